The number of nitrogens with two attached hydrogens (primary N) is 1. The molecule has 0 aliphatic heterocycles. The van der Waals surface area contributed by atoms with Crippen LogP contribution in [0, 0.1) is 6.92 Å². The molecule has 2 aromatic rings. The molecule has 1 aromatic heterocycles. The van der Waals surface area contributed by atoms with Gasteiger partial charge in [-0.25, -0.2) is 0 Å². The highest BCUT2D eigenvalue weighted by atomic mass is 16.2. The number of benzene rings is 1. The first-order chi connectivity index (χ1) is 7.74. The lowest BCUT2D eigenvalue weighted by molar-refractivity contribution is 0.299. The number of aliphatic hydroxyl groups is 1. The van der Waals surface area contributed by atoms with Crippen LogP contribution in [-0.2, 0) is 6.42 Å². The van der Waals surface area contributed by atoms with Gasteiger partial charge < -0.3 is 15.8 Å². The van der Waals surface area contributed by atoms with Crippen molar-refractivity contribution in [1.29, 1.82) is 0 Å². The molecule has 3 heteroatoms. The van der Waals surface area contributed by atoms with Crippen molar-refractivity contribution in [3.8, 4) is 11.3 Å². The third-order valence-electron chi connectivity index (χ3n) is 2.90. The number of anilines is 1. The number of aromatic amines is 1. The van der Waals surface area contributed by atoms with Crippen molar-refractivity contribution < 1.29 is 5.11 Å². The summed E-state index contributed by atoms with van der Waals surface area (Å²) in [7, 11) is 0. The van der Waals surface area contributed by atoms with Gasteiger partial charge in [0, 0.05) is 29.7 Å². The van der Waals surface area contributed by atoms with E-state index < -0.39 is 0 Å². The molecule has 0 fully saturated rings. The maximum Gasteiger partial charge on any atom is 0.0474 e. The Balaban J connectivity index is 2.47. The first-order valence-electron chi connectivity index (χ1n) is 5.36. The Bertz CT molecular complexity index is 475. The van der Waals surface area contributed by atoms with E-state index in [1.54, 1.807) is 0 Å². The van der Waals surface area contributed by atoms with Crippen molar-refractivity contribution in [2.24, 2.45) is 0 Å². The molecule has 0 bridgehead atoms. The SMILES string of the molecule is Cc1c(CCO)ccc(-c2ccc[nH]2)c1N. The van der Waals surface area contributed by atoms with Gasteiger partial charge in [0.05, 0.1) is 0 Å². The summed E-state index contributed by atoms with van der Waals surface area (Å²) < 4.78 is 0. The zero-order valence-electron chi connectivity index (χ0n) is 9.33. The van der Waals surface area contributed by atoms with E-state index in [1.165, 1.54) is 0 Å². The van der Waals surface area contributed by atoms with Gasteiger partial charge in [-0.3, -0.25) is 0 Å². The predicted octanol–water partition coefficient (Wildman–Crippen LogP) is 2.11. The van der Waals surface area contributed by atoms with E-state index in [0.717, 1.165) is 28.1 Å². The average molecular weight is 216 g/mol. The number of nitrogens with one attached hydrogen (secondary N) is 1. The predicted molar refractivity (Wildman–Crippen MR) is 66.2 cm³/mol. The zero-order valence-corrected chi connectivity index (χ0v) is 9.33. The van der Waals surface area contributed by atoms with E-state index in [4.69, 9.17) is 10.8 Å². The molecule has 0 saturated carbocycles. The molecule has 0 amide bonds. The topological polar surface area (TPSA) is 62.0 Å². The van der Waals surface area contributed by atoms with Crippen LogP contribution in [-0.4, -0.2) is 16.7 Å². The molecule has 1 aromatic carbocycles. The van der Waals surface area contributed by atoms with Gasteiger partial charge in [0.25, 0.3) is 0 Å². The van der Waals surface area contributed by atoms with Gasteiger partial charge in [0.15, 0.2) is 0 Å². The van der Waals surface area contributed by atoms with Crippen molar-refractivity contribution in [2.75, 3.05) is 12.3 Å². The monoisotopic (exact) mass is 216 g/mol. The molecule has 0 aliphatic carbocycles. The summed E-state index contributed by atoms with van der Waals surface area (Å²) in [4.78, 5) is 3.14. The number of aliphatic hydroxyl groups excluding tert-OH is 1. The van der Waals surface area contributed by atoms with Crippen molar-refractivity contribution >= 4 is 5.69 Å². The Morgan fingerprint density at radius 3 is 2.75 bits per heavy atom. The van der Waals surface area contributed by atoms with Gasteiger partial charge >= 0.3 is 0 Å². The minimum atomic E-state index is 0.155. The molecule has 1 heterocycles. The summed E-state index contributed by atoms with van der Waals surface area (Å²) >= 11 is 0. The first-order valence-corrected chi connectivity index (χ1v) is 5.36. The van der Waals surface area contributed by atoms with Crippen LogP contribution in [0.4, 0.5) is 5.69 Å². The second-order valence-electron chi connectivity index (χ2n) is 3.87. The number of nitrogen functional groups attached to an aromatic ring is 1. The fourth-order valence-corrected chi connectivity index (χ4v) is 1.90. The lowest BCUT2D eigenvalue weighted by atomic mass is 9.98. The summed E-state index contributed by atoms with van der Waals surface area (Å²) in [6, 6.07) is 7.97. The number of aromatic nitrogens is 1. The molecule has 0 saturated heterocycles. The smallest absolute Gasteiger partial charge is 0.0474 e. The van der Waals surface area contributed by atoms with Gasteiger partial charge in [-0.2, -0.15) is 0 Å². The fourth-order valence-electron chi connectivity index (χ4n) is 1.90. The Labute approximate surface area is 94.9 Å². The van der Waals surface area contributed by atoms with Gasteiger partial charge in [-0.1, -0.05) is 12.1 Å². The molecule has 4 N–H and O–H groups in total. The highest BCUT2D eigenvalue weighted by Crippen LogP contribution is 2.29. The molecule has 0 aliphatic rings. The van der Waals surface area contributed by atoms with Crippen LogP contribution in [0.25, 0.3) is 11.3 Å². The average Bonchev–Trinajstić information content (AvgIpc) is 2.79. The zero-order chi connectivity index (χ0) is 11.5. The Morgan fingerprint density at radius 1 is 1.31 bits per heavy atom. The summed E-state index contributed by atoms with van der Waals surface area (Å²) in [6.45, 7) is 2.15. The Morgan fingerprint density at radius 2 is 2.12 bits per heavy atom. The molecular formula is C13H16N2O. The van der Waals surface area contributed by atoms with E-state index in [-0.39, 0.29) is 6.61 Å². The van der Waals surface area contributed by atoms with E-state index in [0.29, 0.717) is 6.42 Å². The molecule has 3 nitrogen and oxygen atoms in total. The number of H-pyrrole nitrogens is 1. The number of hydrogen-bond acceptors (Lipinski definition) is 2. The molecule has 0 unspecified atom stereocenters. The van der Waals surface area contributed by atoms with Crippen LogP contribution in [0.2, 0.25) is 0 Å². The van der Waals surface area contributed by atoms with Gasteiger partial charge in [0.1, 0.15) is 0 Å². The molecule has 16 heavy (non-hydrogen) atoms. The molecule has 0 spiro atoms. The van der Waals surface area contributed by atoms with E-state index in [2.05, 4.69) is 4.98 Å². The van der Waals surface area contributed by atoms with E-state index in [9.17, 15) is 0 Å². The maximum absolute atomic E-state index is 8.94. The lowest BCUT2D eigenvalue weighted by Gasteiger charge is -2.11. The van der Waals surface area contributed by atoms with Crippen molar-refractivity contribution in [2.45, 2.75) is 13.3 Å². The van der Waals surface area contributed by atoms with E-state index in [1.807, 2.05) is 37.4 Å². The number of rotatable bonds is 3. The van der Waals surface area contributed by atoms with Crippen LogP contribution in [0.15, 0.2) is 30.5 Å². The Hall–Kier alpha value is -1.74. The normalized spacial score (nSPS) is 10.6. The molecule has 84 valence electrons. The summed E-state index contributed by atoms with van der Waals surface area (Å²) in [5.41, 5.74) is 11.1. The highest BCUT2D eigenvalue weighted by molar-refractivity contribution is 5.77. The summed E-state index contributed by atoms with van der Waals surface area (Å²) in [5, 5.41) is 8.94. The summed E-state index contributed by atoms with van der Waals surface area (Å²) in [5.74, 6) is 0. The van der Waals surface area contributed by atoms with Crippen molar-refractivity contribution in [3.05, 3.63) is 41.6 Å². The quantitative estimate of drug-likeness (QED) is 0.688. The summed E-state index contributed by atoms with van der Waals surface area (Å²) in [6.07, 6.45) is 2.53. The third kappa shape index (κ3) is 1.82. The van der Waals surface area contributed by atoms with Gasteiger partial charge in [-0.05, 0) is 36.6 Å². The van der Waals surface area contributed by atoms with Crippen LogP contribution in [0.5, 0.6) is 0 Å². The highest BCUT2D eigenvalue weighted by Gasteiger charge is 2.08. The molecular weight excluding hydrogens is 200 g/mol. The fraction of sp³-hybridized carbons (Fsp3) is 0.231. The largest absolute Gasteiger partial charge is 0.398 e. The second-order valence-corrected chi connectivity index (χ2v) is 3.87. The third-order valence-corrected chi connectivity index (χ3v) is 2.90. The lowest BCUT2D eigenvalue weighted by Crippen LogP contribution is -2.00. The van der Waals surface area contributed by atoms with Crippen LogP contribution < -0.4 is 5.73 Å². The minimum Gasteiger partial charge on any atom is -0.398 e. The van der Waals surface area contributed by atoms with E-state index >= 15 is 0 Å². The maximum atomic E-state index is 8.94. The molecule has 0 radical (unpaired) electrons. The van der Waals surface area contributed by atoms with Crippen LogP contribution in [0.1, 0.15) is 11.1 Å². The number of hydrogen-bond donors (Lipinski definition) is 3. The van der Waals surface area contributed by atoms with Crippen molar-refractivity contribution in [1.82, 2.24) is 4.98 Å². The Kier molecular flexibility index (Phi) is 2.97. The van der Waals surface area contributed by atoms with Crippen LogP contribution >= 0.6 is 0 Å². The van der Waals surface area contributed by atoms with Gasteiger partial charge in [-0.15, -0.1) is 0 Å². The van der Waals surface area contributed by atoms with Crippen molar-refractivity contribution in [3.63, 3.8) is 0 Å². The molecule has 2 rings (SSSR count). The van der Waals surface area contributed by atoms with Crippen LogP contribution in [0.3, 0.4) is 0 Å². The second kappa shape index (κ2) is 4.41. The standard InChI is InChI=1S/C13H16N2O/c1-9-10(6-8-16)4-5-11(13(9)14)12-3-2-7-15-12/h2-5,7,15-16H,6,8,14H2,1H3. The minimum absolute atomic E-state index is 0.155. The van der Waals surface area contributed by atoms with Gasteiger partial charge in [0.2, 0.25) is 0 Å². The molecule has 0 atom stereocenters. The first kappa shape index (κ1) is 10.8.